The number of carbonyl (C=O) groups is 1. The molecule has 2 unspecified atom stereocenters. The zero-order valence-electron chi connectivity index (χ0n) is 9.34. The van der Waals surface area contributed by atoms with Crippen LogP contribution in [0, 0.1) is 0 Å². The van der Waals surface area contributed by atoms with Gasteiger partial charge in [-0.1, -0.05) is 6.07 Å². The molecule has 0 aromatic carbocycles. The first-order valence-corrected chi connectivity index (χ1v) is 5.59. The lowest BCUT2D eigenvalue weighted by molar-refractivity contribution is -0.142. The zero-order chi connectivity index (χ0) is 11.5. The Kier molecular flexibility index (Phi) is 3.19. The summed E-state index contributed by atoms with van der Waals surface area (Å²) >= 11 is 0. The molecule has 2 heterocycles. The largest absolute Gasteiger partial charge is 0.480 e. The van der Waals surface area contributed by atoms with Gasteiger partial charge in [0.15, 0.2) is 0 Å². The van der Waals surface area contributed by atoms with Gasteiger partial charge in [-0.05, 0) is 38.4 Å². The molecule has 1 aromatic heterocycles. The predicted octanol–water partition coefficient (Wildman–Crippen LogP) is 1.69. The van der Waals surface area contributed by atoms with E-state index in [9.17, 15) is 4.79 Å². The molecule has 1 aliphatic heterocycles. The van der Waals surface area contributed by atoms with Gasteiger partial charge < -0.3 is 5.11 Å². The van der Waals surface area contributed by atoms with Crippen molar-refractivity contribution in [2.45, 2.75) is 31.8 Å². The Labute approximate surface area is 94.9 Å². The molecule has 2 rings (SSSR count). The first-order chi connectivity index (χ1) is 7.70. The van der Waals surface area contributed by atoms with Gasteiger partial charge in [-0.3, -0.25) is 14.7 Å². The summed E-state index contributed by atoms with van der Waals surface area (Å²) in [7, 11) is 0. The Balaban J connectivity index is 2.15. The van der Waals surface area contributed by atoms with E-state index in [4.69, 9.17) is 5.11 Å². The fourth-order valence-electron chi connectivity index (χ4n) is 2.31. The van der Waals surface area contributed by atoms with Gasteiger partial charge in [0.1, 0.15) is 6.04 Å². The summed E-state index contributed by atoms with van der Waals surface area (Å²) in [5, 5.41) is 9.12. The molecule has 1 aliphatic rings. The van der Waals surface area contributed by atoms with Gasteiger partial charge in [0, 0.05) is 6.20 Å². The van der Waals surface area contributed by atoms with Crippen LogP contribution in [-0.4, -0.2) is 33.5 Å². The van der Waals surface area contributed by atoms with E-state index in [1.807, 2.05) is 30.0 Å². The van der Waals surface area contributed by atoms with Crippen LogP contribution in [0.15, 0.2) is 24.4 Å². The summed E-state index contributed by atoms with van der Waals surface area (Å²) < 4.78 is 0. The van der Waals surface area contributed by atoms with Gasteiger partial charge in [0.05, 0.1) is 11.7 Å². The topological polar surface area (TPSA) is 53.4 Å². The van der Waals surface area contributed by atoms with Gasteiger partial charge in [0.2, 0.25) is 0 Å². The molecular weight excluding hydrogens is 204 g/mol. The molecule has 0 amide bonds. The number of likely N-dealkylation sites (tertiary alicyclic amines) is 1. The van der Waals surface area contributed by atoms with Gasteiger partial charge in [-0.2, -0.15) is 0 Å². The highest BCUT2D eigenvalue weighted by atomic mass is 16.4. The number of aliphatic carboxylic acids is 1. The van der Waals surface area contributed by atoms with Crippen molar-refractivity contribution in [2.24, 2.45) is 0 Å². The van der Waals surface area contributed by atoms with Crippen LogP contribution in [0.4, 0.5) is 0 Å². The van der Waals surface area contributed by atoms with Crippen LogP contribution in [0.5, 0.6) is 0 Å². The van der Waals surface area contributed by atoms with E-state index in [1.54, 1.807) is 6.20 Å². The first kappa shape index (κ1) is 11.1. The van der Waals surface area contributed by atoms with Gasteiger partial charge in [-0.25, -0.2) is 0 Å². The Bertz CT molecular complexity index is 367. The number of hydrogen-bond acceptors (Lipinski definition) is 3. The molecule has 1 N–H and O–H groups in total. The summed E-state index contributed by atoms with van der Waals surface area (Å²) in [6, 6.07) is 5.48. The van der Waals surface area contributed by atoms with Crippen molar-refractivity contribution in [3.63, 3.8) is 0 Å². The number of aromatic nitrogens is 1. The zero-order valence-corrected chi connectivity index (χ0v) is 9.34. The van der Waals surface area contributed by atoms with Gasteiger partial charge >= 0.3 is 5.97 Å². The fourth-order valence-corrected chi connectivity index (χ4v) is 2.31. The highest BCUT2D eigenvalue weighted by Crippen LogP contribution is 2.27. The molecule has 2 atom stereocenters. The second kappa shape index (κ2) is 4.61. The van der Waals surface area contributed by atoms with Crippen LogP contribution in [0.25, 0.3) is 0 Å². The van der Waals surface area contributed by atoms with Gasteiger partial charge in [-0.15, -0.1) is 0 Å². The predicted molar refractivity (Wildman–Crippen MR) is 60.0 cm³/mol. The molecule has 0 aliphatic carbocycles. The average molecular weight is 220 g/mol. The quantitative estimate of drug-likeness (QED) is 0.842. The number of pyridine rings is 1. The monoisotopic (exact) mass is 220 g/mol. The maximum Gasteiger partial charge on any atom is 0.320 e. The lowest BCUT2D eigenvalue weighted by atomic mass is 10.1. The second-order valence-electron chi connectivity index (χ2n) is 4.16. The number of rotatable bonds is 3. The molecule has 16 heavy (non-hydrogen) atoms. The number of hydrogen-bond donors (Lipinski definition) is 1. The third-order valence-corrected chi connectivity index (χ3v) is 3.19. The minimum absolute atomic E-state index is 0.0739. The van der Waals surface area contributed by atoms with Crippen LogP contribution < -0.4 is 0 Å². The maximum atomic E-state index is 11.1. The van der Waals surface area contributed by atoms with Crippen molar-refractivity contribution in [2.75, 3.05) is 6.54 Å². The standard InChI is InChI=1S/C12H16N2O2/c1-9(10-5-2-3-7-13-10)14-8-4-6-11(14)12(15)16/h2-3,5,7,9,11H,4,6,8H2,1H3,(H,15,16). The summed E-state index contributed by atoms with van der Waals surface area (Å²) in [4.78, 5) is 17.4. The number of carboxylic acids is 1. The highest BCUT2D eigenvalue weighted by Gasteiger charge is 2.34. The van der Waals surface area contributed by atoms with Crippen LogP contribution >= 0.6 is 0 Å². The highest BCUT2D eigenvalue weighted by molar-refractivity contribution is 5.73. The molecule has 1 fully saturated rings. The summed E-state index contributed by atoms with van der Waals surface area (Å²) in [6.07, 6.45) is 3.44. The molecule has 4 nitrogen and oxygen atoms in total. The van der Waals surface area contributed by atoms with E-state index in [1.165, 1.54) is 0 Å². The third kappa shape index (κ3) is 2.07. The molecule has 86 valence electrons. The number of carboxylic acid groups (broad SMARTS) is 1. The van der Waals surface area contributed by atoms with Crippen LogP contribution in [0.1, 0.15) is 31.5 Å². The van der Waals surface area contributed by atoms with Crippen LogP contribution in [0.3, 0.4) is 0 Å². The van der Waals surface area contributed by atoms with E-state index in [0.29, 0.717) is 0 Å². The minimum Gasteiger partial charge on any atom is -0.480 e. The van der Waals surface area contributed by atoms with Crippen molar-refractivity contribution >= 4 is 5.97 Å². The normalized spacial score (nSPS) is 23.2. The van der Waals surface area contributed by atoms with Gasteiger partial charge in [0.25, 0.3) is 0 Å². The Hall–Kier alpha value is -1.42. The number of nitrogens with zero attached hydrogens (tertiary/aromatic N) is 2. The Morgan fingerprint density at radius 1 is 1.62 bits per heavy atom. The summed E-state index contributed by atoms with van der Waals surface area (Å²) in [5.74, 6) is -0.722. The lowest BCUT2D eigenvalue weighted by Crippen LogP contribution is -2.37. The van der Waals surface area contributed by atoms with Crippen molar-refractivity contribution in [1.82, 2.24) is 9.88 Å². The third-order valence-electron chi connectivity index (χ3n) is 3.19. The van der Waals surface area contributed by atoms with Crippen molar-refractivity contribution in [3.8, 4) is 0 Å². The molecule has 1 saturated heterocycles. The van der Waals surface area contributed by atoms with E-state index in [0.717, 1.165) is 25.1 Å². The maximum absolute atomic E-state index is 11.1. The smallest absolute Gasteiger partial charge is 0.320 e. The molecule has 0 radical (unpaired) electrons. The fraction of sp³-hybridized carbons (Fsp3) is 0.500. The summed E-state index contributed by atoms with van der Waals surface area (Å²) in [6.45, 7) is 2.86. The molecular formula is C12H16N2O2. The van der Waals surface area contributed by atoms with Crippen molar-refractivity contribution in [1.29, 1.82) is 0 Å². The summed E-state index contributed by atoms with van der Waals surface area (Å²) in [5.41, 5.74) is 0.940. The molecule has 4 heteroatoms. The van der Waals surface area contributed by atoms with Crippen molar-refractivity contribution in [3.05, 3.63) is 30.1 Å². The Morgan fingerprint density at radius 2 is 2.44 bits per heavy atom. The van der Waals surface area contributed by atoms with E-state index >= 15 is 0 Å². The van der Waals surface area contributed by atoms with E-state index in [-0.39, 0.29) is 12.1 Å². The SMILES string of the molecule is CC(c1ccccn1)N1CCCC1C(=O)O. The van der Waals surface area contributed by atoms with Crippen LogP contribution in [0.2, 0.25) is 0 Å². The molecule has 0 bridgehead atoms. The molecule has 0 spiro atoms. The average Bonchev–Trinajstić information content (AvgIpc) is 2.78. The molecule has 1 aromatic rings. The second-order valence-corrected chi connectivity index (χ2v) is 4.16. The Morgan fingerprint density at radius 3 is 3.06 bits per heavy atom. The van der Waals surface area contributed by atoms with E-state index < -0.39 is 5.97 Å². The molecule has 0 saturated carbocycles. The minimum atomic E-state index is -0.722. The van der Waals surface area contributed by atoms with Crippen LogP contribution in [-0.2, 0) is 4.79 Å². The lowest BCUT2D eigenvalue weighted by Gasteiger charge is -2.27. The van der Waals surface area contributed by atoms with E-state index in [2.05, 4.69) is 4.98 Å². The van der Waals surface area contributed by atoms with Crippen molar-refractivity contribution < 1.29 is 9.90 Å². The first-order valence-electron chi connectivity index (χ1n) is 5.59.